The van der Waals surface area contributed by atoms with E-state index in [0.29, 0.717) is 0 Å². The Bertz CT molecular complexity index is 2340. The number of hydrogen-bond donors (Lipinski definition) is 0. The second-order valence-electron chi connectivity index (χ2n) is 20.4. The molecule has 0 aliphatic rings. The van der Waals surface area contributed by atoms with Gasteiger partial charge in [-0.1, -0.05) is 144 Å². The highest BCUT2D eigenvalue weighted by Crippen LogP contribution is 2.45. The molecule has 57 heavy (non-hydrogen) atoms. The Morgan fingerprint density at radius 1 is 0.351 bits per heavy atom. The molecule has 0 atom stereocenters. The van der Waals surface area contributed by atoms with Gasteiger partial charge in [0.1, 0.15) is 0 Å². The van der Waals surface area contributed by atoms with E-state index in [-0.39, 0.29) is 21.7 Å². The quantitative estimate of drug-likeness (QED) is 0.153. The lowest BCUT2D eigenvalue weighted by atomic mass is 9.82. The first-order chi connectivity index (χ1) is 26.5. The van der Waals surface area contributed by atoms with E-state index >= 15 is 0 Å². The van der Waals surface area contributed by atoms with Gasteiger partial charge in [0.2, 0.25) is 0 Å². The number of hydrogen-bond acceptors (Lipinski definition) is 2. The highest BCUT2D eigenvalue weighted by atomic mass is 15.2. The summed E-state index contributed by atoms with van der Waals surface area (Å²) in [5.74, 6) is 0. The molecule has 2 nitrogen and oxygen atoms in total. The van der Waals surface area contributed by atoms with Gasteiger partial charge < -0.3 is 9.80 Å². The average Bonchev–Trinajstić information content (AvgIpc) is 3.13. The number of aryl methyl sites for hydroxylation is 4. The lowest BCUT2D eigenvalue weighted by Crippen LogP contribution is -2.18. The molecule has 0 heterocycles. The maximum absolute atomic E-state index is 2.47. The summed E-state index contributed by atoms with van der Waals surface area (Å²) in [6, 6.07) is 42.0. The Balaban J connectivity index is 1.51. The van der Waals surface area contributed by atoms with Crippen LogP contribution in [-0.4, -0.2) is 0 Å². The van der Waals surface area contributed by atoms with Crippen molar-refractivity contribution in [2.24, 2.45) is 0 Å². The van der Waals surface area contributed by atoms with Crippen LogP contribution in [0.3, 0.4) is 0 Å². The van der Waals surface area contributed by atoms with Crippen LogP contribution in [0.15, 0.2) is 109 Å². The van der Waals surface area contributed by atoms with Crippen LogP contribution in [-0.2, 0) is 21.7 Å². The van der Waals surface area contributed by atoms with E-state index < -0.39 is 0 Å². The second-order valence-corrected chi connectivity index (χ2v) is 20.4. The van der Waals surface area contributed by atoms with Crippen molar-refractivity contribution in [1.82, 2.24) is 0 Å². The van der Waals surface area contributed by atoms with Crippen molar-refractivity contribution in [3.8, 4) is 0 Å². The van der Waals surface area contributed by atoms with Gasteiger partial charge in [0.15, 0.2) is 0 Å². The van der Waals surface area contributed by atoms with Gasteiger partial charge in [0, 0.05) is 22.7 Å². The molecule has 0 saturated carbocycles. The summed E-state index contributed by atoms with van der Waals surface area (Å²) in [4.78, 5) is 4.94. The molecule has 0 spiro atoms. The van der Waals surface area contributed by atoms with Crippen LogP contribution in [0.2, 0.25) is 0 Å². The Labute approximate surface area is 346 Å². The smallest absolute Gasteiger partial charge is 0.0520 e. The Morgan fingerprint density at radius 2 is 0.649 bits per heavy atom. The maximum Gasteiger partial charge on any atom is 0.0520 e. The molecule has 6 aromatic carbocycles. The zero-order valence-corrected chi connectivity index (χ0v) is 38.0. The molecular formula is C55H68N2. The van der Waals surface area contributed by atoms with Crippen molar-refractivity contribution in [2.75, 3.05) is 9.80 Å². The van der Waals surface area contributed by atoms with E-state index in [1.165, 1.54) is 78.0 Å². The molecule has 0 aliphatic heterocycles. The molecule has 0 unspecified atom stereocenters. The Morgan fingerprint density at radius 3 is 0.947 bits per heavy atom. The zero-order chi connectivity index (χ0) is 41.8. The predicted molar refractivity (Wildman–Crippen MR) is 252 cm³/mol. The topological polar surface area (TPSA) is 6.48 Å². The monoisotopic (exact) mass is 757 g/mol. The molecule has 0 fully saturated rings. The summed E-state index contributed by atoms with van der Waals surface area (Å²) < 4.78 is 0. The van der Waals surface area contributed by atoms with Crippen molar-refractivity contribution >= 4 is 44.9 Å². The summed E-state index contributed by atoms with van der Waals surface area (Å²) in [5.41, 5.74) is 18.0. The van der Waals surface area contributed by atoms with Gasteiger partial charge in [-0.05, 0) is 160 Å². The van der Waals surface area contributed by atoms with Crippen LogP contribution in [0.5, 0.6) is 0 Å². The number of benzene rings is 6. The van der Waals surface area contributed by atoms with Gasteiger partial charge >= 0.3 is 0 Å². The Hall–Kier alpha value is -4.82. The SMILES string of the molecule is CCC(C)(C)c1ccc(N(c2ccc3cc(N(c4ccc(C(C)(C)C)cc4)c4c(C)cc(C(C)(C)C)cc4C)ccc3c2)c2c(C)cc(C(C)(C)C)cc2C)cc1. The number of rotatable bonds is 8. The molecule has 2 heteroatoms. The number of fused-ring (bicyclic) bond motifs is 1. The van der Waals surface area contributed by atoms with Crippen LogP contribution < -0.4 is 9.80 Å². The van der Waals surface area contributed by atoms with Gasteiger partial charge in [0.25, 0.3) is 0 Å². The first kappa shape index (κ1) is 41.8. The molecule has 6 aromatic rings. The van der Waals surface area contributed by atoms with E-state index in [4.69, 9.17) is 0 Å². The lowest BCUT2D eigenvalue weighted by Gasteiger charge is -2.32. The molecule has 0 amide bonds. The number of nitrogens with zero attached hydrogens (tertiary/aromatic N) is 2. The average molecular weight is 757 g/mol. The fraction of sp³-hybridized carbons (Fsp3) is 0.382. The zero-order valence-electron chi connectivity index (χ0n) is 38.0. The Kier molecular flexibility index (Phi) is 11.1. The third-order valence-electron chi connectivity index (χ3n) is 12.3. The fourth-order valence-electron chi connectivity index (χ4n) is 8.17. The van der Waals surface area contributed by atoms with Crippen molar-refractivity contribution in [3.05, 3.63) is 154 Å². The molecule has 0 aromatic heterocycles. The van der Waals surface area contributed by atoms with E-state index in [0.717, 1.165) is 17.8 Å². The largest absolute Gasteiger partial charge is 0.310 e. The minimum Gasteiger partial charge on any atom is -0.310 e. The predicted octanol–water partition coefficient (Wildman–Crippen LogP) is 16.6. The maximum atomic E-state index is 2.47. The normalized spacial score (nSPS) is 12.6. The number of anilines is 6. The van der Waals surface area contributed by atoms with Crippen molar-refractivity contribution < 1.29 is 0 Å². The van der Waals surface area contributed by atoms with Crippen LogP contribution in [0.25, 0.3) is 10.8 Å². The molecule has 0 radical (unpaired) electrons. The molecular weight excluding hydrogens is 689 g/mol. The molecule has 298 valence electrons. The van der Waals surface area contributed by atoms with E-state index in [1.54, 1.807) is 0 Å². The third-order valence-corrected chi connectivity index (χ3v) is 12.3. The summed E-state index contributed by atoms with van der Waals surface area (Å²) in [5, 5.41) is 2.43. The van der Waals surface area contributed by atoms with Gasteiger partial charge in [0.05, 0.1) is 11.4 Å². The molecule has 0 saturated heterocycles. The molecule has 0 bridgehead atoms. The summed E-state index contributed by atoms with van der Waals surface area (Å²) >= 11 is 0. The van der Waals surface area contributed by atoms with E-state index in [1.807, 2.05) is 0 Å². The van der Waals surface area contributed by atoms with E-state index in [2.05, 4.69) is 230 Å². The summed E-state index contributed by atoms with van der Waals surface area (Å²) in [6.45, 7) is 36.7. The fourth-order valence-corrected chi connectivity index (χ4v) is 8.17. The van der Waals surface area contributed by atoms with E-state index in [9.17, 15) is 0 Å². The second kappa shape index (κ2) is 15.2. The molecule has 0 N–H and O–H groups in total. The van der Waals surface area contributed by atoms with Crippen LogP contribution in [0.4, 0.5) is 34.1 Å². The molecule has 0 aliphatic carbocycles. The highest BCUT2D eigenvalue weighted by molar-refractivity contribution is 5.94. The van der Waals surface area contributed by atoms with Gasteiger partial charge in [-0.25, -0.2) is 0 Å². The van der Waals surface area contributed by atoms with Crippen molar-refractivity contribution in [1.29, 1.82) is 0 Å². The van der Waals surface area contributed by atoms with Crippen LogP contribution in [0.1, 0.15) is 134 Å². The van der Waals surface area contributed by atoms with Crippen molar-refractivity contribution in [2.45, 2.75) is 139 Å². The van der Waals surface area contributed by atoms with Gasteiger partial charge in [-0.2, -0.15) is 0 Å². The third kappa shape index (κ3) is 8.57. The van der Waals surface area contributed by atoms with Gasteiger partial charge in [-0.3, -0.25) is 0 Å². The minimum absolute atomic E-state index is 0.0706. The lowest BCUT2D eigenvalue weighted by molar-refractivity contribution is 0.506. The van der Waals surface area contributed by atoms with Gasteiger partial charge in [-0.15, -0.1) is 0 Å². The first-order valence-electron chi connectivity index (χ1n) is 21.1. The summed E-state index contributed by atoms with van der Waals surface area (Å²) in [7, 11) is 0. The first-order valence-corrected chi connectivity index (χ1v) is 21.1. The van der Waals surface area contributed by atoms with Crippen molar-refractivity contribution in [3.63, 3.8) is 0 Å². The highest BCUT2D eigenvalue weighted by Gasteiger charge is 2.25. The van der Waals surface area contributed by atoms with Crippen LogP contribution >= 0.6 is 0 Å². The minimum atomic E-state index is 0.0706. The molecule has 6 rings (SSSR count). The van der Waals surface area contributed by atoms with Crippen LogP contribution in [0, 0.1) is 27.7 Å². The standard InChI is InChI=1S/C55H68N2/c1-17-55(15,16)43-22-28-47(29-23-43)57(51-38(4)32-45(33-39(51)5)54(12,13)14)49-25-19-40-34-48(24-18-41(40)35-49)56(46-26-20-42(21-27-46)52(6,7)8)50-36(2)30-44(31-37(50)3)53(9,10)11/h18-35H,17H2,1-16H3. The summed E-state index contributed by atoms with van der Waals surface area (Å²) in [6.07, 6.45) is 1.09.